The van der Waals surface area contributed by atoms with Crippen molar-refractivity contribution in [3.8, 4) is 11.1 Å². The maximum atomic E-state index is 16.4. The van der Waals surface area contributed by atoms with Crippen molar-refractivity contribution in [2.24, 2.45) is 5.92 Å². The molecule has 0 amide bonds. The van der Waals surface area contributed by atoms with Gasteiger partial charge in [0.15, 0.2) is 5.82 Å². The summed E-state index contributed by atoms with van der Waals surface area (Å²) in [5.41, 5.74) is 3.09. The van der Waals surface area contributed by atoms with Crippen LogP contribution in [0.4, 0.5) is 10.3 Å². The van der Waals surface area contributed by atoms with Gasteiger partial charge in [-0.3, -0.25) is 0 Å². The maximum Gasteiger partial charge on any atom is 0.226 e. The fourth-order valence-electron chi connectivity index (χ4n) is 6.24. The van der Waals surface area contributed by atoms with Gasteiger partial charge in [-0.25, -0.2) is 14.4 Å². The molecule has 0 spiro atoms. The lowest BCUT2D eigenvalue weighted by atomic mass is 9.88. The summed E-state index contributed by atoms with van der Waals surface area (Å²) in [6.45, 7) is 3.76. The molecule has 2 unspecified atom stereocenters. The molecule has 1 saturated carbocycles. The zero-order valence-electron chi connectivity index (χ0n) is 20.3. The van der Waals surface area contributed by atoms with Crippen LogP contribution in [-0.2, 0) is 5.41 Å². The molecule has 3 fully saturated rings. The van der Waals surface area contributed by atoms with Gasteiger partial charge < -0.3 is 15.1 Å². The van der Waals surface area contributed by atoms with Crippen LogP contribution < -0.4 is 10.2 Å². The number of nitrogens with one attached hydrogen (secondary N) is 1. The van der Waals surface area contributed by atoms with E-state index in [0.29, 0.717) is 29.0 Å². The Morgan fingerprint density at radius 1 is 0.971 bits per heavy atom. The van der Waals surface area contributed by atoms with Crippen LogP contribution in [0.3, 0.4) is 0 Å². The molecule has 1 N–H and O–H groups in total. The minimum absolute atomic E-state index is 0.0560. The smallest absolute Gasteiger partial charge is 0.226 e. The first-order valence-corrected chi connectivity index (χ1v) is 12.7. The van der Waals surface area contributed by atoms with Crippen LogP contribution >= 0.6 is 0 Å². The number of piperidine rings is 1. The molecule has 1 aliphatic carbocycles. The van der Waals surface area contributed by atoms with Crippen LogP contribution in [0.25, 0.3) is 32.8 Å². The van der Waals surface area contributed by atoms with Crippen molar-refractivity contribution in [2.75, 3.05) is 45.2 Å². The molecular formula is C29H30FN5. The Bertz CT molecular complexity index is 1460. The van der Waals surface area contributed by atoms with Crippen molar-refractivity contribution in [3.63, 3.8) is 0 Å². The van der Waals surface area contributed by atoms with Gasteiger partial charge in [0.2, 0.25) is 5.95 Å². The van der Waals surface area contributed by atoms with E-state index < -0.39 is 0 Å². The predicted octanol–water partition coefficient (Wildman–Crippen LogP) is 4.59. The molecule has 4 aromatic rings. The molecule has 1 aromatic heterocycles. The number of rotatable bonds is 4. The summed E-state index contributed by atoms with van der Waals surface area (Å²) < 4.78 is 16.4. The van der Waals surface area contributed by atoms with Gasteiger partial charge in [-0.15, -0.1) is 0 Å². The minimum atomic E-state index is -0.240. The summed E-state index contributed by atoms with van der Waals surface area (Å²) in [5.74, 6) is 1.02. The lowest BCUT2D eigenvalue weighted by molar-refractivity contribution is 0.245. The van der Waals surface area contributed by atoms with Crippen molar-refractivity contribution >= 4 is 27.6 Å². The molecule has 0 radical (unpaired) electrons. The molecule has 6 heteroatoms. The van der Waals surface area contributed by atoms with E-state index in [1.165, 1.54) is 0 Å². The number of aromatic nitrogens is 2. The van der Waals surface area contributed by atoms with Gasteiger partial charge in [0.1, 0.15) is 5.52 Å². The minimum Gasteiger partial charge on any atom is -0.338 e. The first-order chi connectivity index (χ1) is 17.0. The molecule has 2 aliphatic heterocycles. The molecule has 0 bridgehead atoms. The van der Waals surface area contributed by atoms with Gasteiger partial charge in [-0.05, 0) is 62.3 Å². The van der Waals surface area contributed by atoms with Gasteiger partial charge >= 0.3 is 0 Å². The van der Waals surface area contributed by atoms with Gasteiger partial charge in [0.05, 0.1) is 5.69 Å². The van der Waals surface area contributed by atoms with E-state index in [0.717, 1.165) is 66.4 Å². The fraction of sp³-hybridized carbons (Fsp3) is 0.379. The van der Waals surface area contributed by atoms with Crippen LogP contribution in [0.2, 0.25) is 0 Å². The van der Waals surface area contributed by atoms with Gasteiger partial charge in [0.25, 0.3) is 0 Å². The summed E-state index contributed by atoms with van der Waals surface area (Å²) in [7, 11) is 4.21. The highest BCUT2D eigenvalue weighted by Crippen LogP contribution is 2.59. The van der Waals surface area contributed by atoms with E-state index in [2.05, 4.69) is 53.5 Å². The highest BCUT2D eigenvalue weighted by atomic mass is 19.1. The lowest BCUT2D eigenvalue weighted by Crippen LogP contribution is -2.58. The van der Waals surface area contributed by atoms with E-state index >= 15 is 4.39 Å². The summed E-state index contributed by atoms with van der Waals surface area (Å²) in [5, 5.41) is 6.57. The van der Waals surface area contributed by atoms with Crippen LogP contribution in [0.1, 0.15) is 18.5 Å². The molecule has 5 nitrogen and oxygen atoms in total. The molecule has 3 aromatic carbocycles. The first-order valence-electron chi connectivity index (χ1n) is 12.7. The zero-order valence-corrected chi connectivity index (χ0v) is 20.3. The normalized spacial score (nSPS) is 24.1. The van der Waals surface area contributed by atoms with Crippen molar-refractivity contribution < 1.29 is 4.39 Å². The highest BCUT2D eigenvalue weighted by molar-refractivity contribution is 5.99. The largest absolute Gasteiger partial charge is 0.338 e. The molecule has 3 heterocycles. The van der Waals surface area contributed by atoms with Gasteiger partial charge in [0, 0.05) is 35.5 Å². The molecule has 2 saturated heterocycles. The Hall–Kier alpha value is -3.09. The number of halogens is 1. The number of fused-ring (bicyclic) bond motifs is 3. The van der Waals surface area contributed by atoms with Crippen molar-refractivity contribution in [1.82, 2.24) is 20.2 Å². The number of anilines is 1. The zero-order chi connectivity index (χ0) is 23.7. The highest BCUT2D eigenvalue weighted by Gasteiger charge is 2.58. The van der Waals surface area contributed by atoms with Gasteiger partial charge in [-0.1, -0.05) is 54.6 Å². The second-order valence-electron chi connectivity index (χ2n) is 10.8. The van der Waals surface area contributed by atoms with E-state index in [4.69, 9.17) is 9.97 Å². The molecule has 2 atom stereocenters. The number of hydrogen-bond acceptors (Lipinski definition) is 5. The van der Waals surface area contributed by atoms with Crippen molar-refractivity contribution in [3.05, 3.63) is 66.1 Å². The molecule has 35 heavy (non-hydrogen) atoms. The number of nitrogens with zero attached hydrogens (tertiary/aromatic N) is 4. The SMILES string of the molecule is CN(C)C1CN(c2nc(C34CCNCC3C4)c3ccc(-c4cccc5ccccc45)c(F)c3n2)C1. The quantitative estimate of drug-likeness (QED) is 0.476. The van der Waals surface area contributed by atoms with Crippen LogP contribution in [0.15, 0.2) is 54.6 Å². The number of likely N-dealkylation sites (N-methyl/N-ethyl adjacent to an activating group) is 1. The Labute approximate surface area is 205 Å². The average Bonchev–Trinajstić information content (AvgIpc) is 3.59. The Balaban J connectivity index is 1.42. The van der Waals surface area contributed by atoms with Crippen molar-refractivity contribution in [2.45, 2.75) is 24.3 Å². The topological polar surface area (TPSA) is 44.3 Å². The standard InChI is InChI=1S/C29H30FN5/c1-34(2)20-16-35(17-20)28-32-26-24(27(33-28)29-12-13-31-15-19(29)14-29)11-10-23(25(26)30)22-9-5-7-18-6-3-4-8-21(18)22/h3-11,19-20,31H,12-17H2,1-2H3. The third kappa shape index (κ3) is 3.20. The average molecular weight is 468 g/mol. The predicted molar refractivity (Wildman–Crippen MR) is 139 cm³/mol. The van der Waals surface area contributed by atoms with E-state index in [1.54, 1.807) is 0 Å². The van der Waals surface area contributed by atoms with E-state index in [1.807, 2.05) is 30.3 Å². The summed E-state index contributed by atoms with van der Waals surface area (Å²) in [4.78, 5) is 14.5. The fourth-order valence-corrected chi connectivity index (χ4v) is 6.24. The summed E-state index contributed by atoms with van der Waals surface area (Å²) >= 11 is 0. The molecule has 7 rings (SSSR count). The summed E-state index contributed by atoms with van der Waals surface area (Å²) in [6, 6.07) is 18.7. The van der Waals surface area contributed by atoms with E-state index in [-0.39, 0.29) is 11.2 Å². The Morgan fingerprint density at radius 2 is 1.80 bits per heavy atom. The Morgan fingerprint density at radius 3 is 2.63 bits per heavy atom. The van der Waals surface area contributed by atoms with Crippen LogP contribution in [0, 0.1) is 11.7 Å². The summed E-state index contributed by atoms with van der Waals surface area (Å²) in [6.07, 6.45) is 2.18. The second kappa shape index (κ2) is 7.70. The lowest BCUT2D eigenvalue weighted by Gasteiger charge is -2.43. The van der Waals surface area contributed by atoms with Crippen LogP contribution in [-0.4, -0.2) is 61.2 Å². The maximum absolute atomic E-state index is 16.4. The number of benzene rings is 3. The number of hydrogen-bond donors (Lipinski definition) is 1. The molecule has 3 aliphatic rings. The molecular weight excluding hydrogens is 437 g/mol. The third-order valence-electron chi connectivity index (χ3n) is 8.59. The van der Waals surface area contributed by atoms with Gasteiger partial charge in [-0.2, -0.15) is 0 Å². The van der Waals surface area contributed by atoms with E-state index in [9.17, 15) is 0 Å². The van der Waals surface area contributed by atoms with Crippen molar-refractivity contribution in [1.29, 1.82) is 0 Å². The molecule has 178 valence electrons. The third-order valence-corrected chi connectivity index (χ3v) is 8.59. The monoisotopic (exact) mass is 467 g/mol. The first kappa shape index (κ1) is 21.2. The Kier molecular flexibility index (Phi) is 4.67. The second-order valence-corrected chi connectivity index (χ2v) is 10.8. The van der Waals surface area contributed by atoms with Crippen LogP contribution in [0.5, 0.6) is 0 Å².